The number of aliphatic hydroxyl groups excluding tert-OH is 11. The van der Waals surface area contributed by atoms with Crippen LogP contribution in [-0.2, 0) is 33.2 Å². The molecule has 3 fully saturated rings. The van der Waals surface area contributed by atoms with E-state index in [0.717, 1.165) is 57.8 Å². The van der Waals surface area contributed by atoms with Gasteiger partial charge in [-0.05, 0) is 57.8 Å². The summed E-state index contributed by atoms with van der Waals surface area (Å²) in [7, 11) is 0. The highest BCUT2D eigenvalue weighted by atomic mass is 16.8. The predicted octanol–water partition coefficient (Wildman–Crippen LogP) is 10.8. The fourth-order valence-electron chi connectivity index (χ4n) is 12.6. The molecule has 12 N–H and O–H groups in total. The number of ether oxygens (including phenoxy) is 6. The second kappa shape index (κ2) is 55.0. The molecule has 19 nitrogen and oxygen atoms in total. The van der Waals surface area contributed by atoms with Gasteiger partial charge in [0.25, 0.3) is 0 Å². The van der Waals surface area contributed by atoms with E-state index in [4.69, 9.17) is 28.4 Å². The summed E-state index contributed by atoms with van der Waals surface area (Å²) >= 11 is 0. The molecule has 0 radical (unpaired) electrons. The fraction of sp³-hybridized carbons (Fsp3) is 0.904. The second-order valence-corrected chi connectivity index (χ2v) is 26.7. The molecule has 0 aromatic rings. The van der Waals surface area contributed by atoms with Crippen LogP contribution < -0.4 is 5.32 Å². The average molecular weight is 1310 g/mol. The van der Waals surface area contributed by atoms with Crippen molar-refractivity contribution in [3.63, 3.8) is 0 Å². The molecule has 3 rings (SSSR count). The van der Waals surface area contributed by atoms with E-state index in [1.54, 1.807) is 6.08 Å². The molecule has 3 heterocycles. The molecule has 0 aliphatic carbocycles. The van der Waals surface area contributed by atoms with Crippen LogP contribution in [0.25, 0.3) is 0 Å². The van der Waals surface area contributed by atoms with Crippen LogP contribution in [0.2, 0.25) is 0 Å². The van der Waals surface area contributed by atoms with Gasteiger partial charge in [-0.2, -0.15) is 0 Å². The molecule has 0 spiro atoms. The van der Waals surface area contributed by atoms with Crippen molar-refractivity contribution in [2.75, 3.05) is 26.4 Å². The van der Waals surface area contributed by atoms with E-state index in [0.29, 0.717) is 12.8 Å². The van der Waals surface area contributed by atoms with E-state index in [9.17, 15) is 61.0 Å². The number of carbonyl (C=O) groups excluding carboxylic acids is 1. The van der Waals surface area contributed by atoms with Crippen molar-refractivity contribution in [1.29, 1.82) is 0 Å². The number of unbranched alkanes of at least 4 members (excludes halogenated alkanes) is 38. The zero-order valence-corrected chi connectivity index (χ0v) is 57.3. The molecule has 3 aliphatic heterocycles. The Morgan fingerprint density at radius 1 is 0.380 bits per heavy atom. The monoisotopic (exact) mass is 1310 g/mol. The lowest BCUT2D eigenvalue weighted by molar-refractivity contribution is -0.379. The van der Waals surface area contributed by atoms with Crippen LogP contribution in [0.4, 0.5) is 0 Å². The highest BCUT2D eigenvalue weighted by Crippen LogP contribution is 2.33. The lowest BCUT2D eigenvalue weighted by atomic mass is 9.96. The summed E-state index contributed by atoms with van der Waals surface area (Å²) in [6.07, 6.45) is 38.6. The van der Waals surface area contributed by atoms with Gasteiger partial charge in [0.2, 0.25) is 5.91 Å². The van der Waals surface area contributed by atoms with Gasteiger partial charge in [-0.25, -0.2) is 0 Å². The third kappa shape index (κ3) is 36.0. The minimum Gasteiger partial charge on any atom is -0.394 e. The van der Waals surface area contributed by atoms with E-state index in [-0.39, 0.29) is 18.9 Å². The van der Waals surface area contributed by atoms with Crippen molar-refractivity contribution < 1.29 is 89.4 Å². The third-order valence-electron chi connectivity index (χ3n) is 18.7. The number of aliphatic hydroxyl groups is 11. The van der Waals surface area contributed by atoms with Gasteiger partial charge < -0.3 is 89.9 Å². The zero-order chi connectivity index (χ0) is 66.8. The van der Waals surface area contributed by atoms with Crippen LogP contribution in [0.3, 0.4) is 0 Å². The SMILES string of the molecule is CCCCCCCCC/C=C\CCCCCCCC(=O)NC(COC1OC(CO)C(OC2OC(CO)C(OC3OC(CO)C(O)C(O)C3O)C(O)C2O)C(O)C1O)C(O)/C=C/CC/C=C/CCCCCCCCCCCCCCCCCCCCCCCCCCC. The summed E-state index contributed by atoms with van der Waals surface area (Å²) in [5.74, 6) is -0.291. The number of carbonyl (C=O) groups is 1. The van der Waals surface area contributed by atoms with Crippen LogP contribution in [0, 0.1) is 0 Å². The lowest BCUT2D eigenvalue weighted by Gasteiger charge is -2.48. The fourth-order valence-corrected chi connectivity index (χ4v) is 12.6. The van der Waals surface area contributed by atoms with Crippen molar-refractivity contribution in [2.24, 2.45) is 0 Å². The normalized spacial score (nSPS) is 27.9. The Morgan fingerprint density at radius 3 is 1.09 bits per heavy atom. The summed E-state index contributed by atoms with van der Waals surface area (Å²) < 4.78 is 34.3. The standard InChI is InChI=1S/C73H135NO18/c1-3-5-7-9-11-13-15-17-19-21-22-23-24-25-26-27-28-29-30-31-32-33-34-35-36-38-40-42-44-46-48-50-57(78)56(74-61(79)51-49-47-45-43-41-39-37-20-18-16-14-12-10-8-6-4-2)55-87-71-67(85)64(82)69(59(53-76)89-71)92-73-68(86)65(83)70(60(54-77)90-73)91-72-66(84)63(81)62(80)58(52-75)88-72/h20,37,40,42,48,50,56-60,62-73,75-78,80-86H,3-19,21-36,38-39,41,43-47,49,51-55H2,1-2H3,(H,74,79)/b37-20-,42-40+,50-48+. The van der Waals surface area contributed by atoms with Crippen LogP contribution in [0.15, 0.2) is 36.5 Å². The molecule has 3 saturated heterocycles. The zero-order valence-electron chi connectivity index (χ0n) is 57.3. The molecular weight excluding hydrogens is 1180 g/mol. The molecule has 17 unspecified atom stereocenters. The molecule has 17 atom stereocenters. The molecule has 3 aliphatic rings. The summed E-state index contributed by atoms with van der Waals surface area (Å²) in [5.41, 5.74) is 0. The van der Waals surface area contributed by atoms with Crippen LogP contribution in [0.5, 0.6) is 0 Å². The average Bonchev–Trinajstić information content (AvgIpc) is 0.808. The molecule has 540 valence electrons. The van der Waals surface area contributed by atoms with E-state index in [1.807, 2.05) is 6.08 Å². The number of rotatable bonds is 58. The van der Waals surface area contributed by atoms with Gasteiger partial charge in [0.05, 0.1) is 38.6 Å². The Bertz CT molecular complexity index is 1810. The molecule has 1 amide bonds. The maximum absolute atomic E-state index is 13.4. The first-order valence-corrected chi connectivity index (χ1v) is 37.2. The highest BCUT2D eigenvalue weighted by Gasteiger charge is 2.53. The first-order valence-electron chi connectivity index (χ1n) is 37.2. The van der Waals surface area contributed by atoms with Crippen molar-refractivity contribution in [3.8, 4) is 0 Å². The lowest BCUT2D eigenvalue weighted by Crippen LogP contribution is -2.66. The Balaban J connectivity index is 1.40. The Hall–Kier alpha value is -1.99. The molecule has 0 aromatic carbocycles. The maximum Gasteiger partial charge on any atom is 0.220 e. The van der Waals surface area contributed by atoms with Crippen LogP contribution >= 0.6 is 0 Å². The molecule has 0 saturated carbocycles. The van der Waals surface area contributed by atoms with Gasteiger partial charge in [-0.3, -0.25) is 4.79 Å². The van der Waals surface area contributed by atoms with E-state index in [1.165, 1.54) is 199 Å². The second-order valence-electron chi connectivity index (χ2n) is 26.7. The van der Waals surface area contributed by atoms with E-state index < -0.39 is 124 Å². The van der Waals surface area contributed by atoms with Crippen LogP contribution in [0.1, 0.15) is 290 Å². The molecule has 0 aromatic heterocycles. The van der Waals surface area contributed by atoms with Crippen molar-refractivity contribution in [3.05, 3.63) is 36.5 Å². The number of amides is 1. The number of nitrogens with one attached hydrogen (secondary N) is 1. The van der Waals surface area contributed by atoms with Crippen LogP contribution in [-0.4, -0.2) is 193 Å². The Kier molecular flexibility index (Phi) is 50.3. The summed E-state index contributed by atoms with van der Waals surface area (Å²) in [5, 5.41) is 121. The van der Waals surface area contributed by atoms with Gasteiger partial charge in [-0.15, -0.1) is 0 Å². The topological polar surface area (TPSA) is 307 Å². The summed E-state index contributed by atoms with van der Waals surface area (Å²) in [6, 6.07) is -0.994. The van der Waals surface area contributed by atoms with Crippen molar-refractivity contribution in [2.45, 2.75) is 394 Å². The largest absolute Gasteiger partial charge is 0.394 e. The summed E-state index contributed by atoms with van der Waals surface area (Å²) in [6.45, 7) is 1.73. The third-order valence-corrected chi connectivity index (χ3v) is 18.7. The Labute approximate surface area is 555 Å². The maximum atomic E-state index is 13.4. The highest BCUT2D eigenvalue weighted by molar-refractivity contribution is 5.76. The van der Waals surface area contributed by atoms with Gasteiger partial charge in [0.15, 0.2) is 18.9 Å². The summed E-state index contributed by atoms with van der Waals surface area (Å²) in [4.78, 5) is 13.4. The first-order chi connectivity index (χ1) is 44.8. The smallest absolute Gasteiger partial charge is 0.220 e. The van der Waals surface area contributed by atoms with Gasteiger partial charge in [0.1, 0.15) is 73.2 Å². The van der Waals surface area contributed by atoms with Gasteiger partial charge in [0, 0.05) is 6.42 Å². The van der Waals surface area contributed by atoms with Crippen molar-refractivity contribution >= 4 is 5.91 Å². The van der Waals surface area contributed by atoms with Crippen molar-refractivity contribution in [1.82, 2.24) is 5.32 Å². The molecule has 19 heteroatoms. The quantitative estimate of drug-likeness (QED) is 0.0199. The van der Waals surface area contributed by atoms with Gasteiger partial charge >= 0.3 is 0 Å². The predicted molar refractivity (Wildman–Crippen MR) is 360 cm³/mol. The molecular formula is C73H135NO18. The number of allylic oxidation sites excluding steroid dienone is 5. The van der Waals surface area contributed by atoms with E-state index in [2.05, 4.69) is 43.5 Å². The molecule has 0 bridgehead atoms. The minimum atomic E-state index is -1.98. The molecule has 92 heavy (non-hydrogen) atoms. The van der Waals surface area contributed by atoms with Gasteiger partial charge in [-0.1, -0.05) is 262 Å². The van der Waals surface area contributed by atoms with E-state index >= 15 is 0 Å². The first kappa shape index (κ1) is 84.2. The number of hydrogen-bond acceptors (Lipinski definition) is 18. The minimum absolute atomic E-state index is 0.226. The Morgan fingerprint density at radius 2 is 0.696 bits per heavy atom. The number of hydrogen-bond donors (Lipinski definition) is 12.